The third kappa shape index (κ3) is 20.7. The monoisotopic (exact) mass is 2130 g/mol. The van der Waals surface area contributed by atoms with Gasteiger partial charge in [-0.25, -0.2) is 74.5 Å². The zero-order valence-corrected chi connectivity index (χ0v) is 84.7. The number of rotatable bonds is 15. The lowest BCUT2D eigenvalue weighted by Gasteiger charge is -2.12. The highest BCUT2D eigenvalue weighted by atomic mass is 35.5. The predicted octanol–water partition coefficient (Wildman–Crippen LogP) is 33.5. The molecular weight excluding hydrogens is 2060 g/mol. The highest BCUT2D eigenvalue weighted by Crippen LogP contribution is 2.44. The van der Waals surface area contributed by atoms with Crippen molar-refractivity contribution < 1.29 is 30.4 Å². The summed E-state index contributed by atoms with van der Waals surface area (Å²) in [6, 6.07) is 57.0. The number of aromatic amines is 6. The molecule has 0 fully saturated rings. The standard InChI is InChI=1S/C21H17ClFN3O2S.C18H12Cl2FN3S.C17H11ClFN3S.2C17H10ClFN2S.C17H11ClN2S/c1-26(2)29(27,28)15-6-3-5-13(9-15)14-10-17-18(12-25-21(17)24-11-14)16-7-4-8-19(23)20(16)22;1-9-17(20)25-15(24-9)6-10-5-12-13(8-23-18(12)22-7-10)11-3-2-4-14(21)16(11)19;1-9-20-8-15(23-9)10-5-12-13(7-22-17(12)21-6-10)11-3-2-4-14(19)16(11)18;18-15-6-10(1-2-16(15)19)14-8-21-17-13(14)5-12(7-20-17)11-3-4-22-9-11;18-15-3-1-2-12(16(15)19)14-8-21-17-13(14)6-11(7-20-17)10-4-5-22-9-10;18-16-4-2-1-3-13(16)15-9-20-17-14(15)7-12(8-19-17)11-5-6-21-10-11/h3-12H,1-2H3,(H,24,25);2-5,7-8H,6H2,1H3,(H,22,23);2-8H,1H3,(H,21,22);2*1-9H,(H,20,21);1-10H,(H,19,20). The van der Waals surface area contributed by atoms with Gasteiger partial charge in [0.25, 0.3) is 0 Å². The minimum Gasteiger partial charge on any atom is -0.346 e. The van der Waals surface area contributed by atoms with Gasteiger partial charge in [-0.15, -0.1) is 22.7 Å². The highest BCUT2D eigenvalue weighted by molar-refractivity contribution is 7.89. The molecule has 7 aromatic carbocycles. The summed E-state index contributed by atoms with van der Waals surface area (Å²) in [6.45, 7) is 3.86. The number of aromatic nitrogens is 14. The maximum Gasteiger partial charge on any atom is 0.242 e. The quantitative estimate of drug-likeness (QED) is 0.0531. The lowest BCUT2D eigenvalue weighted by molar-refractivity contribution is 0.521. The fourth-order valence-electron chi connectivity index (χ4n) is 16.0. The van der Waals surface area contributed by atoms with Crippen LogP contribution in [0.2, 0.25) is 34.5 Å². The molecule has 17 aromatic heterocycles. The van der Waals surface area contributed by atoms with Gasteiger partial charge < -0.3 is 29.9 Å². The van der Waals surface area contributed by atoms with Crippen molar-refractivity contribution in [1.82, 2.24) is 74.1 Å². The van der Waals surface area contributed by atoms with E-state index in [4.69, 9.17) is 81.2 Å². The third-order valence-electron chi connectivity index (χ3n) is 23.2. The Balaban J connectivity index is 0.000000108. The summed E-state index contributed by atoms with van der Waals surface area (Å²) in [4.78, 5) is 55.5. The van der Waals surface area contributed by atoms with Gasteiger partial charge in [0.05, 0.1) is 50.6 Å². The Morgan fingerprint density at radius 2 is 0.725 bits per heavy atom. The molecule has 0 spiro atoms. The van der Waals surface area contributed by atoms with Crippen molar-refractivity contribution in [2.75, 3.05) is 14.1 Å². The largest absolute Gasteiger partial charge is 0.346 e. The van der Waals surface area contributed by atoms with Crippen molar-refractivity contribution in [3.63, 3.8) is 0 Å². The number of thiazole rings is 2. The molecule has 17 nitrogen and oxygen atoms in total. The van der Waals surface area contributed by atoms with E-state index in [1.54, 1.807) is 167 Å². The highest BCUT2D eigenvalue weighted by Gasteiger charge is 2.24. The molecule has 24 aromatic rings. The van der Waals surface area contributed by atoms with Gasteiger partial charge in [0.15, 0.2) is 0 Å². The fraction of sp³-hybridized carbons (Fsp3) is 0.0467. The molecule has 706 valence electrons. The van der Waals surface area contributed by atoms with Crippen LogP contribution in [-0.2, 0) is 16.4 Å². The van der Waals surface area contributed by atoms with Crippen molar-refractivity contribution in [2.24, 2.45) is 0 Å². The number of hydrogen-bond donors (Lipinski definition) is 6. The van der Waals surface area contributed by atoms with Gasteiger partial charge in [0.2, 0.25) is 10.0 Å². The van der Waals surface area contributed by atoms with Crippen LogP contribution in [0.5, 0.6) is 0 Å². The van der Waals surface area contributed by atoms with E-state index in [1.165, 1.54) is 59.6 Å². The first-order valence-corrected chi connectivity index (χ1v) is 51.7. The van der Waals surface area contributed by atoms with E-state index in [0.29, 0.717) is 44.2 Å². The number of fused-ring (bicyclic) bond motifs is 6. The van der Waals surface area contributed by atoms with E-state index < -0.39 is 39.1 Å². The Kier molecular flexibility index (Phi) is 29.1. The predicted molar refractivity (Wildman–Crippen MR) is 576 cm³/mol. The minimum absolute atomic E-state index is 0.0397. The SMILES string of the molecule is CN(C)S(=O)(=O)c1cccc(-c2cnc3[nH]cc(-c4cccc(F)c4Cl)c3c2)c1.Cc1nc(Cc2cnc3[nH]cc(-c4cccc(F)c4Cl)c3c2)sc1Cl.Cc1ncc(-c2cnc3[nH]cc(-c4cccc(F)c4Cl)c3c2)s1.Clc1ccccc1-c1c[nH]c2ncc(-c3ccsc3)cc12.Fc1c(Cl)cccc1-c1c[nH]c2ncc(-c3ccsc3)cc12.Fc1ccc(-c2c[nH]c3ncc(-c4ccsc4)cc23)cc1Cl. The minimum atomic E-state index is -3.55. The summed E-state index contributed by atoms with van der Waals surface area (Å²) in [5, 5.41) is 21.1. The molecule has 0 atom stereocenters. The molecule has 0 bridgehead atoms. The molecule has 0 amide bonds. The molecule has 0 unspecified atom stereocenters. The van der Waals surface area contributed by atoms with E-state index in [9.17, 15) is 30.4 Å². The summed E-state index contributed by atoms with van der Waals surface area (Å²) in [7, 11) is -0.572. The number of thiophene rings is 3. The van der Waals surface area contributed by atoms with E-state index in [0.717, 1.165) is 175 Å². The molecule has 17 heterocycles. The Hall–Kier alpha value is -13.4. The average Bonchev–Trinajstić information content (AvgIpc) is 1.63. The van der Waals surface area contributed by atoms with Gasteiger partial charge in [-0.05, 0) is 189 Å². The van der Waals surface area contributed by atoms with E-state index >= 15 is 0 Å². The lowest BCUT2D eigenvalue weighted by atomic mass is 10.0. The van der Waals surface area contributed by atoms with Crippen LogP contribution in [0.4, 0.5) is 22.0 Å². The van der Waals surface area contributed by atoms with Crippen LogP contribution in [0.3, 0.4) is 0 Å². The van der Waals surface area contributed by atoms with Crippen LogP contribution in [-0.4, -0.2) is 96.6 Å². The van der Waals surface area contributed by atoms with Gasteiger partial charge in [-0.3, -0.25) is 0 Å². The first-order chi connectivity index (χ1) is 68.7. The second-order valence-corrected chi connectivity index (χ2v) is 42.1. The Labute approximate surface area is 863 Å². The molecule has 0 saturated heterocycles. The van der Waals surface area contributed by atoms with Crippen molar-refractivity contribution >= 4 is 214 Å². The molecule has 0 aliphatic heterocycles. The molecular formula is C107H71Cl7F5N15O2S6. The van der Waals surface area contributed by atoms with Gasteiger partial charge in [0.1, 0.15) is 67.3 Å². The topological polar surface area (TPSA) is 235 Å². The second kappa shape index (κ2) is 42.4. The van der Waals surface area contributed by atoms with Crippen molar-refractivity contribution in [2.45, 2.75) is 25.2 Å². The zero-order chi connectivity index (χ0) is 98.7. The normalized spacial score (nSPS) is 11.4. The van der Waals surface area contributed by atoms with E-state index in [2.05, 4.69) is 116 Å². The van der Waals surface area contributed by atoms with Crippen molar-refractivity contribution in [3.05, 3.63) is 392 Å². The molecule has 24 rings (SSSR count). The average molecular weight is 2130 g/mol. The number of pyridine rings is 6. The fourth-order valence-corrected chi connectivity index (χ4v) is 22.1. The Morgan fingerprint density at radius 3 is 1.16 bits per heavy atom. The third-order valence-corrected chi connectivity index (χ3v) is 31.5. The molecule has 0 aliphatic rings. The van der Waals surface area contributed by atoms with Gasteiger partial charge in [-0.2, -0.15) is 34.0 Å². The van der Waals surface area contributed by atoms with Crippen LogP contribution in [0.15, 0.2) is 312 Å². The first kappa shape index (κ1) is 97.5. The van der Waals surface area contributed by atoms with Crippen molar-refractivity contribution in [3.8, 4) is 122 Å². The van der Waals surface area contributed by atoms with Crippen LogP contribution >= 0.6 is 138 Å². The van der Waals surface area contributed by atoms with Crippen molar-refractivity contribution in [1.29, 1.82) is 0 Å². The molecule has 0 saturated carbocycles. The number of halogens is 12. The first-order valence-electron chi connectivity index (χ1n) is 43.2. The van der Waals surface area contributed by atoms with Gasteiger partial charge >= 0.3 is 0 Å². The molecule has 35 heteroatoms. The molecule has 6 N–H and O–H groups in total. The molecule has 0 radical (unpaired) electrons. The number of aryl methyl sites for hydroxylation is 2. The number of nitrogens with zero attached hydrogens (tertiary/aromatic N) is 9. The summed E-state index contributed by atoms with van der Waals surface area (Å²) in [5.41, 5.74) is 24.8. The van der Waals surface area contributed by atoms with Crippen LogP contribution < -0.4 is 0 Å². The van der Waals surface area contributed by atoms with Gasteiger partial charge in [-0.1, -0.05) is 166 Å². The van der Waals surface area contributed by atoms with E-state index in [-0.39, 0.29) is 30.0 Å². The lowest BCUT2D eigenvalue weighted by Crippen LogP contribution is -2.22. The molecule has 142 heavy (non-hydrogen) atoms. The number of nitrogens with one attached hydrogen (secondary N) is 6. The number of benzene rings is 7. The summed E-state index contributed by atoms with van der Waals surface area (Å²) in [5.74, 6) is -2.19. The number of H-pyrrole nitrogens is 6. The summed E-state index contributed by atoms with van der Waals surface area (Å²) in [6.07, 6.45) is 24.3. The van der Waals surface area contributed by atoms with Crippen LogP contribution in [0.25, 0.3) is 188 Å². The van der Waals surface area contributed by atoms with Gasteiger partial charge in [0, 0.05) is 227 Å². The smallest absolute Gasteiger partial charge is 0.242 e. The number of hydrogen-bond acceptors (Lipinski definition) is 15. The Morgan fingerprint density at radius 1 is 0.331 bits per heavy atom. The maximum absolute atomic E-state index is 14.3. The number of sulfonamides is 1. The van der Waals surface area contributed by atoms with Crippen LogP contribution in [0, 0.1) is 42.9 Å². The van der Waals surface area contributed by atoms with Crippen LogP contribution in [0.1, 0.15) is 21.3 Å². The second-order valence-electron chi connectivity index (χ2n) is 32.3. The summed E-state index contributed by atoms with van der Waals surface area (Å²) >= 11 is 50.7. The van der Waals surface area contributed by atoms with E-state index in [1.807, 2.05) is 129 Å². The molecule has 0 aliphatic carbocycles. The Bertz CT molecular complexity index is 8890. The summed E-state index contributed by atoms with van der Waals surface area (Å²) < 4.78 is 95.9. The maximum atomic E-state index is 14.3. The zero-order valence-electron chi connectivity index (χ0n) is 74.5.